The van der Waals surface area contributed by atoms with E-state index in [0.717, 1.165) is 0 Å². The number of carbonyl (C=O) groups is 3. The molecule has 16 nitrogen and oxygen atoms in total. The zero-order chi connectivity index (χ0) is 42.6. The Balaban J connectivity index is 2.01. The SMILES string of the molecule is CCC(=O)O[C@@H]1CC(=O)O[C@H](C)C/C=C/C=C/[C@H](O)[C@H](C)C[C@H](CCO)[C@H](O[C@@H]2O[C@H](C)[C@@H](O[C@H]3C[C@@](C)(O)[C@@H](OC(=O)CC)[C@H](C)O3)[C@H](N(C)C)[C@H]2O)[C@H]1OC. The summed E-state index contributed by atoms with van der Waals surface area (Å²) in [5.41, 5.74) is -1.48. The van der Waals surface area contributed by atoms with Crippen LogP contribution in [0.3, 0.4) is 0 Å². The number of esters is 3. The van der Waals surface area contributed by atoms with Gasteiger partial charge in [0, 0.05) is 39.4 Å². The molecule has 16 heteroatoms. The molecule has 3 aliphatic rings. The third-order valence-corrected chi connectivity index (χ3v) is 11.0. The predicted molar refractivity (Wildman–Crippen MR) is 206 cm³/mol. The van der Waals surface area contributed by atoms with E-state index in [1.165, 1.54) is 7.11 Å². The van der Waals surface area contributed by atoms with Gasteiger partial charge >= 0.3 is 17.9 Å². The van der Waals surface area contributed by atoms with Crippen molar-refractivity contribution < 1.29 is 72.7 Å². The highest BCUT2D eigenvalue weighted by Crippen LogP contribution is 2.38. The Bertz CT molecular complexity index is 1320. The standard InChI is InChI=1S/C41H69NO15/c1-11-30(45)54-29-21-32(47)51-24(4)16-14-13-15-17-28(44)23(3)20-27(18-19-43)37(38(29)50-10)57-40-35(48)34(42(8)9)36(25(5)53-40)56-33-22-41(7,49)39(26(6)52-33)55-31(46)12-2/h13-15,17,23-29,33-40,43-44,48-49H,11-12,16,18-22H2,1-10H3/b14-13+,17-15+/t23-,24-,25-,26+,27+,28+,29-,33+,34-,35-,36-,37+,38+,39+,40+,41-/m1/s1. The molecule has 0 radical (unpaired) electrons. The van der Waals surface area contributed by atoms with Crippen LogP contribution in [0.1, 0.15) is 93.4 Å². The highest BCUT2D eigenvalue weighted by atomic mass is 16.7. The molecule has 57 heavy (non-hydrogen) atoms. The Labute approximate surface area is 337 Å². The van der Waals surface area contributed by atoms with E-state index in [1.807, 2.05) is 13.0 Å². The van der Waals surface area contributed by atoms with Crippen molar-refractivity contribution in [2.24, 2.45) is 11.8 Å². The fraction of sp³-hybridized carbons (Fsp3) is 0.829. The number of cyclic esters (lactones) is 1. The smallest absolute Gasteiger partial charge is 0.309 e. The number of rotatable bonds is 12. The van der Waals surface area contributed by atoms with Crippen LogP contribution in [-0.4, -0.2) is 156 Å². The van der Waals surface area contributed by atoms with E-state index in [-0.39, 0.29) is 44.6 Å². The molecule has 0 aromatic carbocycles. The molecular formula is C41H69NO15. The monoisotopic (exact) mass is 815 g/mol. The zero-order valence-corrected chi connectivity index (χ0v) is 35.4. The normalized spacial score (nSPS) is 41.2. The maximum absolute atomic E-state index is 13.3. The van der Waals surface area contributed by atoms with Gasteiger partial charge in [-0.05, 0) is 66.5 Å². The van der Waals surface area contributed by atoms with Gasteiger partial charge in [0.15, 0.2) is 18.7 Å². The average Bonchev–Trinajstić information content (AvgIpc) is 3.13. The molecule has 0 spiro atoms. The molecule has 0 aliphatic carbocycles. The third-order valence-electron chi connectivity index (χ3n) is 11.0. The van der Waals surface area contributed by atoms with Crippen LogP contribution in [0.15, 0.2) is 24.3 Å². The molecule has 3 rings (SSSR count). The van der Waals surface area contributed by atoms with Crippen molar-refractivity contribution in [1.29, 1.82) is 0 Å². The first-order valence-electron chi connectivity index (χ1n) is 20.3. The van der Waals surface area contributed by atoms with Crippen LogP contribution in [0.5, 0.6) is 0 Å². The summed E-state index contributed by atoms with van der Waals surface area (Å²) < 4.78 is 48.7. The van der Waals surface area contributed by atoms with Gasteiger partial charge in [0.1, 0.15) is 36.1 Å². The van der Waals surface area contributed by atoms with Crippen molar-refractivity contribution in [3.8, 4) is 0 Å². The number of hydrogen-bond acceptors (Lipinski definition) is 16. The molecule has 0 saturated carbocycles. The van der Waals surface area contributed by atoms with Crippen molar-refractivity contribution in [3.63, 3.8) is 0 Å². The number of nitrogens with zero attached hydrogens (tertiary/aromatic N) is 1. The Hall–Kier alpha value is -2.51. The van der Waals surface area contributed by atoms with Gasteiger partial charge in [0.25, 0.3) is 0 Å². The number of carbonyl (C=O) groups excluding carboxylic acids is 3. The molecule has 0 aromatic rings. The molecular weight excluding hydrogens is 746 g/mol. The molecule has 3 aliphatic heterocycles. The summed E-state index contributed by atoms with van der Waals surface area (Å²) in [6.07, 6.45) is -4.02. The highest BCUT2D eigenvalue weighted by Gasteiger charge is 2.53. The third kappa shape index (κ3) is 13.8. The second-order valence-corrected chi connectivity index (χ2v) is 16.1. The van der Waals surface area contributed by atoms with E-state index in [1.54, 1.807) is 78.8 Å². The van der Waals surface area contributed by atoms with Gasteiger partial charge in [0.05, 0.1) is 36.9 Å². The fourth-order valence-corrected chi connectivity index (χ4v) is 7.91. The molecule has 0 unspecified atom stereocenters. The Kier molecular flexibility index (Phi) is 19.5. The maximum Gasteiger partial charge on any atom is 0.309 e. The molecule has 16 atom stereocenters. The first-order chi connectivity index (χ1) is 26.9. The van der Waals surface area contributed by atoms with E-state index in [0.29, 0.717) is 12.8 Å². The Morgan fingerprint density at radius 2 is 1.61 bits per heavy atom. The molecule has 0 aromatic heterocycles. The predicted octanol–water partition coefficient (Wildman–Crippen LogP) is 2.56. The molecule has 0 bridgehead atoms. The maximum atomic E-state index is 13.3. The molecule has 3 heterocycles. The first kappa shape index (κ1) is 48.9. The first-order valence-corrected chi connectivity index (χ1v) is 20.3. The lowest BCUT2D eigenvalue weighted by Gasteiger charge is -2.50. The van der Waals surface area contributed by atoms with Gasteiger partial charge in [-0.1, -0.05) is 45.1 Å². The van der Waals surface area contributed by atoms with Crippen LogP contribution in [-0.2, 0) is 52.3 Å². The van der Waals surface area contributed by atoms with Crippen LogP contribution in [0.4, 0.5) is 0 Å². The van der Waals surface area contributed by atoms with Crippen LogP contribution in [0, 0.1) is 11.8 Å². The number of aliphatic hydroxyl groups excluding tert-OH is 3. The molecule has 0 amide bonds. The van der Waals surface area contributed by atoms with Crippen LogP contribution in [0.25, 0.3) is 0 Å². The van der Waals surface area contributed by atoms with Crippen molar-refractivity contribution in [2.75, 3.05) is 27.8 Å². The number of aliphatic hydroxyl groups is 4. The Morgan fingerprint density at radius 3 is 2.21 bits per heavy atom. The van der Waals surface area contributed by atoms with E-state index < -0.39 is 109 Å². The number of likely N-dealkylation sites (N-methyl/N-ethyl adjacent to an activating group) is 1. The lowest BCUT2D eigenvalue weighted by atomic mass is 9.82. The lowest BCUT2D eigenvalue weighted by Crippen LogP contribution is -2.66. The van der Waals surface area contributed by atoms with E-state index in [2.05, 4.69) is 0 Å². The lowest BCUT2D eigenvalue weighted by molar-refractivity contribution is -0.344. The second-order valence-electron chi connectivity index (χ2n) is 16.1. The topological polar surface area (TPSA) is 209 Å². The summed E-state index contributed by atoms with van der Waals surface area (Å²) >= 11 is 0. The minimum absolute atomic E-state index is 0.0155. The number of methoxy groups -OCH3 is 1. The van der Waals surface area contributed by atoms with Gasteiger partial charge in [-0.2, -0.15) is 0 Å². The summed E-state index contributed by atoms with van der Waals surface area (Å²) in [7, 11) is 4.91. The molecule has 2 saturated heterocycles. The highest BCUT2D eigenvalue weighted by molar-refractivity contribution is 5.72. The van der Waals surface area contributed by atoms with Crippen LogP contribution in [0.2, 0.25) is 0 Å². The van der Waals surface area contributed by atoms with Crippen molar-refractivity contribution in [2.45, 2.75) is 179 Å². The van der Waals surface area contributed by atoms with Gasteiger partial charge < -0.3 is 63.2 Å². The molecule has 4 N–H and O–H groups in total. The summed E-state index contributed by atoms with van der Waals surface area (Å²) in [4.78, 5) is 40.0. The summed E-state index contributed by atoms with van der Waals surface area (Å²) in [5, 5.41) is 44.9. The van der Waals surface area contributed by atoms with Gasteiger partial charge in [-0.25, -0.2) is 0 Å². The molecule has 2 fully saturated rings. The average molecular weight is 816 g/mol. The Morgan fingerprint density at radius 1 is 0.947 bits per heavy atom. The van der Waals surface area contributed by atoms with E-state index in [9.17, 15) is 34.8 Å². The van der Waals surface area contributed by atoms with E-state index >= 15 is 0 Å². The fourth-order valence-electron chi connectivity index (χ4n) is 7.91. The summed E-state index contributed by atoms with van der Waals surface area (Å²) in [6, 6.07) is -0.758. The van der Waals surface area contributed by atoms with E-state index in [4.69, 9.17) is 37.9 Å². The number of ether oxygens (including phenoxy) is 8. The quantitative estimate of drug-likeness (QED) is 0.165. The van der Waals surface area contributed by atoms with Crippen LogP contribution < -0.4 is 0 Å². The zero-order valence-electron chi connectivity index (χ0n) is 35.4. The number of allylic oxidation sites excluding steroid dienone is 2. The van der Waals surface area contributed by atoms with Crippen molar-refractivity contribution >= 4 is 17.9 Å². The van der Waals surface area contributed by atoms with Crippen molar-refractivity contribution in [1.82, 2.24) is 4.90 Å². The van der Waals surface area contributed by atoms with Gasteiger partial charge in [-0.3, -0.25) is 14.4 Å². The largest absolute Gasteiger partial charge is 0.462 e. The van der Waals surface area contributed by atoms with Crippen molar-refractivity contribution in [3.05, 3.63) is 24.3 Å². The molecule has 328 valence electrons. The second kappa shape index (κ2) is 22.7. The minimum atomic E-state index is -1.48. The summed E-state index contributed by atoms with van der Waals surface area (Å²) in [6.45, 7) is 11.6. The minimum Gasteiger partial charge on any atom is -0.462 e. The van der Waals surface area contributed by atoms with Gasteiger partial charge in [0.2, 0.25) is 0 Å². The van der Waals surface area contributed by atoms with Gasteiger partial charge in [-0.15, -0.1) is 0 Å². The van der Waals surface area contributed by atoms with Crippen LogP contribution >= 0.6 is 0 Å². The summed E-state index contributed by atoms with van der Waals surface area (Å²) in [5.74, 6) is -2.61. The number of hydrogen-bond donors (Lipinski definition) is 4.